The summed E-state index contributed by atoms with van der Waals surface area (Å²) >= 11 is 0. The third-order valence-corrected chi connectivity index (χ3v) is 4.43. The molecule has 3 unspecified atom stereocenters. The molecule has 2 N–H and O–H groups in total. The molecular formula is C14H19NO. The van der Waals surface area contributed by atoms with Crippen molar-refractivity contribution in [1.29, 1.82) is 0 Å². The Morgan fingerprint density at radius 1 is 1.25 bits per heavy atom. The van der Waals surface area contributed by atoms with E-state index in [0.717, 1.165) is 23.3 Å². The van der Waals surface area contributed by atoms with Crippen molar-refractivity contribution >= 4 is 5.69 Å². The van der Waals surface area contributed by atoms with Gasteiger partial charge in [-0.25, -0.2) is 0 Å². The van der Waals surface area contributed by atoms with Crippen LogP contribution >= 0.6 is 0 Å². The summed E-state index contributed by atoms with van der Waals surface area (Å²) in [5.41, 5.74) is 8.37. The van der Waals surface area contributed by atoms with Crippen LogP contribution in [0.2, 0.25) is 0 Å². The molecule has 86 valence electrons. The van der Waals surface area contributed by atoms with Gasteiger partial charge in [0.15, 0.2) is 0 Å². The van der Waals surface area contributed by atoms with Crippen molar-refractivity contribution in [1.82, 2.24) is 0 Å². The first-order chi connectivity index (χ1) is 7.78. The van der Waals surface area contributed by atoms with Crippen LogP contribution in [0.3, 0.4) is 0 Å². The van der Waals surface area contributed by atoms with Gasteiger partial charge in [0.25, 0.3) is 0 Å². The highest BCUT2D eigenvalue weighted by atomic mass is 16.5. The molecule has 2 heteroatoms. The highest BCUT2D eigenvalue weighted by Gasteiger charge is 2.40. The highest BCUT2D eigenvalue weighted by Crippen LogP contribution is 2.54. The Hall–Kier alpha value is -1.18. The molecule has 1 aromatic rings. The highest BCUT2D eigenvalue weighted by molar-refractivity contribution is 5.53. The standard InChI is InChI=1S/C14H19NO/c1-16-11-4-5-14(15)13(8-11)12-7-9-2-3-10(12)6-9/h4-5,8-10,12H,2-3,6-7,15H2,1H3. The van der Waals surface area contributed by atoms with Crippen molar-refractivity contribution in [3.8, 4) is 5.75 Å². The van der Waals surface area contributed by atoms with Crippen LogP contribution in [0.4, 0.5) is 5.69 Å². The number of hydrogen-bond donors (Lipinski definition) is 1. The van der Waals surface area contributed by atoms with Gasteiger partial charge >= 0.3 is 0 Å². The lowest BCUT2D eigenvalue weighted by Crippen LogP contribution is -2.10. The van der Waals surface area contributed by atoms with E-state index in [0.29, 0.717) is 5.92 Å². The summed E-state index contributed by atoms with van der Waals surface area (Å²) in [4.78, 5) is 0. The van der Waals surface area contributed by atoms with Gasteiger partial charge in [0.2, 0.25) is 0 Å². The van der Waals surface area contributed by atoms with Crippen molar-refractivity contribution in [3.63, 3.8) is 0 Å². The molecule has 2 nitrogen and oxygen atoms in total. The summed E-state index contributed by atoms with van der Waals surface area (Å²) in [6.45, 7) is 0. The molecule has 0 aliphatic heterocycles. The first-order valence-electron chi connectivity index (χ1n) is 6.21. The van der Waals surface area contributed by atoms with Gasteiger partial charge in [0, 0.05) is 5.69 Å². The van der Waals surface area contributed by atoms with Crippen LogP contribution in [0.1, 0.15) is 37.2 Å². The van der Waals surface area contributed by atoms with Crippen molar-refractivity contribution < 1.29 is 4.74 Å². The molecule has 1 aromatic carbocycles. The largest absolute Gasteiger partial charge is 0.497 e. The molecule has 0 amide bonds. The molecule has 0 aromatic heterocycles. The Morgan fingerprint density at radius 2 is 2.12 bits per heavy atom. The molecule has 0 saturated heterocycles. The average Bonchev–Trinajstić information content (AvgIpc) is 2.91. The molecule has 2 fully saturated rings. The van der Waals surface area contributed by atoms with Crippen LogP contribution in [0.15, 0.2) is 18.2 Å². The zero-order valence-corrected chi connectivity index (χ0v) is 9.78. The second-order valence-electron chi connectivity index (χ2n) is 5.28. The van der Waals surface area contributed by atoms with E-state index in [2.05, 4.69) is 6.07 Å². The van der Waals surface area contributed by atoms with Gasteiger partial charge < -0.3 is 10.5 Å². The van der Waals surface area contributed by atoms with E-state index < -0.39 is 0 Å². The van der Waals surface area contributed by atoms with Crippen LogP contribution < -0.4 is 10.5 Å². The topological polar surface area (TPSA) is 35.2 Å². The van der Waals surface area contributed by atoms with E-state index in [1.807, 2.05) is 12.1 Å². The predicted molar refractivity (Wildman–Crippen MR) is 65.6 cm³/mol. The second kappa shape index (κ2) is 3.69. The van der Waals surface area contributed by atoms with Gasteiger partial charge in [0.05, 0.1) is 7.11 Å². The SMILES string of the molecule is COc1ccc(N)c(C2CC3CCC2C3)c1. The summed E-state index contributed by atoms with van der Waals surface area (Å²) in [5, 5.41) is 0. The first-order valence-corrected chi connectivity index (χ1v) is 6.21. The number of fused-ring (bicyclic) bond motifs is 2. The van der Waals surface area contributed by atoms with Gasteiger partial charge in [0.1, 0.15) is 5.75 Å². The Kier molecular flexibility index (Phi) is 2.31. The molecular weight excluding hydrogens is 198 g/mol. The van der Waals surface area contributed by atoms with Crippen LogP contribution in [-0.2, 0) is 0 Å². The summed E-state index contributed by atoms with van der Waals surface area (Å²) in [5.74, 6) is 3.46. The molecule has 2 aliphatic carbocycles. The quantitative estimate of drug-likeness (QED) is 0.772. The minimum Gasteiger partial charge on any atom is -0.497 e. The van der Waals surface area contributed by atoms with E-state index in [9.17, 15) is 0 Å². The number of ether oxygens (including phenoxy) is 1. The van der Waals surface area contributed by atoms with Gasteiger partial charge in [-0.05, 0) is 60.8 Å². The lowest BCUT2D eigenvalue weighted by molar-refractivity contribution is 0.404. The van der Waals surface area contributed by atoms with Gasteiger partial charge in [-0.2, -0.15) is 0 Å². The van der Waals surface area contributed by atoms with E-state index in [1.54, 1.807) is 7.11 Å². The van der Waals surface area contributed by atoms with E-state index in [-0.39, 0.29) is 0 Å². The van der Waals surface area contributed by atoms with Gasteiger partial charge in [-0.1, -0.05) is 6.42 Å². The minimum absolute atomic E-state index is 0.689. The summed E-state index contributed by atoms with van der Waals surface area (Å²) in [7, 11) is 1.72. The molecule has 3 rings (SSSR count). The van der Waals surface area contributed by atoms with Crippen molar-refractivity contribution in [2.24, 2.45) is 11.8 Å². The summed E-state index contributed by atoms with van der Waals surface area (Å²) in [6.07, 6.45) is 5.58. The van der Waals surface area contributed by atoms with Gasteiger partial charge in [-0.15, -0.1) is 0 Å². The van der Waals surface area contributed by atoms with Crippen LogP contribution in [0, 0.1) is 11.8 Å². The van der Waals surface area contributed by atoms with E-state index in [4.69, 9.17) is 10.5 Å². The number of nitrogen functional groups attached to an aromatic ring is 1. The van der Waals surface area contributed by atoms with Crippen LogP contribution in [-0.4, -0.2) is 7.11 Å². The molecule has 2 saturated carbocycles. The Bertz CT molecular complexity index is 402. The number of hydrogen-bond acceptors (Lipinski definition) is 2. The predicted octanol–water partition coefficient (Wildman–Crippen LogP) is 3.18. The molecule has 2 aliphatic rings. The third kappa shape index (κ3) is 1.48. The smallest absolute Gasteiger partial charge is 0.119 e. The lowest BCUT2D eigenvalue weighted by atomic mass is 9.83. The van der Waals surface area contributed by atoms with Crippen molar-refractivity contribution in [2.45, 2.75) is 31.6 Å². The Balaban J connectivity index is 1.93. The number of nitrogens with two attached hydrogens (primary N) is 1. The van der Waals surface area contributed by atoms with E-state index >= 15 is 0 Å². The molecule has 0 heterocycles. The number of benzene rings is 1. The zero-order valence-electron chi connectivity index (χ0n) is 9.78. The monoisotopic (exact) mass is 217 g/mol. The van der Waals surface area contributed by atoms with Crippen molar-refractivity contribution in [2.75, 3.05) is 12.8 Å². The fourth-order valence-electron chi connectivity index (χ4n) is 3.63. The molecule has 16 heavy (non-hydrogen) atoms. The fraction of sp³-hybridized carbons (Fsp3) is 0.571. The Labute approximate surface area is 96.8 Å². The molecule has 0 radical (unpaired) electrons. The number of rotatable bonds is 2. The normalized spacial score (nSPS) is 31.9. The first kappa shape index (κ1) is 10.0. The van der Waals surface area contributed by atoms with Crippen LogP contribution in [0.5, 0.6) is 5.75 Å². The maximum Gasteiger partial charge on any atom is 0.119 e. The summed E-state index contributed by atoms with van der Waals surface area (Å²) < 4.78 is 5.29. The lowest BCUT2D eigenvalue weighted by Gasteiger charge is -2.23. The second-order valence-corrected chi connectivity index (χ2v) is 5.28. The molecule has 2 bridgehead atoms. The average molecular weight is 217 g/mol. The maximum atomic E-state index is 6.10. The Morgan fingerprint density at radius 3 is 2.75 bits per heavy atom. The fourth-order valence-corrected chi connectivity index (χ4v) is 3.63. The summed E-state index contributed by atoms with van der Waals surface area (Å²) in [6, 6.07) is 6.08. The number of methoxy groups -OCH3 is 1. The molecule has 0 spiro atoms. The van der Waals surface area contributed by atoms with Crippen molar-refractivity contribution in [3.05, 3.63) is 23.8 Å². The van der Waals surface area contributed by atoms with Gasteiger partial charge in [-0.3, -0.25) is 0 Å². The van der Waals surface area contributed by atoms with E-state index in [1.165, 1.54) is 31.2 Å². The zero-order chi connectivity index (χ0) is 11.1. The maximum absolute atomic E-state index is 6.10. The number of anilines is 1. The third-order valence-electron chi connectivity index (χ3n) is 4.43. The minimum atomic E-state index is 0.689. The molecule has 3 atom stereocenters. The van der Waals surface area contributed by atoms with Crippen LogP contribution in [0.25, 0.3) is 0 Å².